The number of benzene rings is 5. The van der Waals surface area contributed by atoms with Crippen molar-refractivity contribution in [2.75, 3.05) is 77.3 Å². The topological polar surface area (TPSA) is 191 Å². The Morgan fingerprint density at radius 1 is 0.440 bits per heavy atom. The van der Waals surface area contributed by atoms with Crippen molar-refractivity contribution in [3.05, 3.63) is 178 Å². The standard InChI is InChI=1S/C23H23N3O2.C15H21N3.C12H14N2.C11H10BrNO2/c24-17-23(18-7-2-1-3-8-18)11-15-25(16-12-23)13-6-14-26-21(27)19-9-4-5-10-20(19)22(26)28;16-9-4-10-18-11-7-15(13-17,8-12-18)14-5-2-1-3-6-14;13-10-12(6-8-14-9-7-12)11-4-2-1-3-5-11;12-6-3-7-13-10(14)8-4-1-2-5-9(8)11(13)15/h1-5,7-10H,6,11-16H2;1-3,5-6H,4,7-12,16H2;1-5,14H,6-9H2;1-2,4-5H,3,6-7H2. The number of hydrogen-bond acceptors (Lipinski definition) is 11. The van der Waals surface area contributed by atoms with Crippen LogP contribution in [0.1, 0.15) is 116 Å². The van der Waals surface area contributed by atoms with E-state index in [4.69, 9.17) is 5.73 Å². The molecule has 5 aliphatic rings. The first-order valence-electron chi connectivity index (χ1n) is 26.3. The monoisotopic (exact) mass is 1070 g/mol. The van der Waals surface area contributed by atoms with Gasteiger partial charge in [-0.15, -0.1) is 0 Å². The molecule has 3 N–H and O–H groups in total. The highest BCUT2D eigenvalue weighted by Gasteiger charge is 2.39. The zero-order chi connectivity index (χ0) is 53.1. The number of likely N-dealkylation sites (tertiary alicyclic amines) is 2. The third-order valence-corrected chi connectivity index (χ3v) is 15.9. The zero-order valence-electron chi connectivity index (χ0n) is 42.8. The van der Waals surface area contributed by atoms with Crippen LogP contribution in [0.2, 0.25) is 0 Å². The fraction of sp³-hybridized carbons (Fsp3) is 0.393. The number of piperidine rings is 3. The molecule has 0 aromatic heterocycles. The highest BCUT2D eigenvalue weighted by Crippen LogP contribution is 2.37. The van der Waals surface area contributed by atoms with Gasteiger partial charge in [-0.3, -0.25) is 29.0 Å². The predicted octanol–water partition coefficient (Wildman–Crippen LogP) is 9.02. The Balaban J connectivity index is 0.000000152. The number of nitrogens with two attached hydrogens (primary N) is 1. The summed E-state index contributed by atoms with van der Waals surface area (Å²) in [6, 6.07) is 52.0. The van der Waals surface area contributed by atoms with Gasteiger partial charge in [0.1, 0.15) is 0 Å². The molecule has 388 valence electrons. The average molecular weight is 1070 g/mol. The van der Waals surface area contributed by atoms with E-state index in [0.29, 0.717) is 35.3 Å². The van der Waals surface area contributed by atoms with Gasteiger partial charge in [0.2, 0.25) is 0 Å². The predicted molar refractivity (Wildman–Crippen MR) is 295 cm³/mol. The maximum absolute atomic E-state index is 12.4. The van der Waals surface area contributed by atoms with Gasteiger partial charge in [0.15, 0.2) is 0 Å². The molecule has 0 atom stereocenters. The Hall–Kier alpha value is -6.83. The van der Waals surface area contributed by atoms with Crippen molar-refractivity contribution >= 4 is 39.6 Å². The molecule has 3 fully saturated rings. The number of hydrogen-bond donors (Lipinski definition) is 2. The minimum absolute atomic E-state index is 0.170. The molecule has 13 nitrogen and oxygen atoms in total. The molecule has 0 saturated carbocycles. The van der Waals surface area contributed by atoms with E-state index in [9.17, 15) is 35.0 Å². The smallest absolute Gasteiger partial charge is 0.261 e. The maximum Gasteiger partial charge on any atom is 0.261 e. The summed E-state index contributed by atoms with van der Waals surface area (Å²) < 4.78 is 0. The third kappa shape index (κ3) is 13.4. The molecule has 5 aromatic carbocycles. The summed E-state index contributed by atoms with van der Waals surface area (Å²) in [5, 5.41) is 32.8. The first-order valence-corrected chi connectivity index (χ1v) is 27.4. The fourth-order valence-corrected chi connectivity index (χ4v) is 11.0. The van der Waals surface area contributed by atoms with Crippen LogP contribution >= 0.6 is 15.9 Å². The summed E-state index contributed by atoms with van der Waals surface area (Å²) in [4.78, 5) is 55.9. The quantitative estimate of drug-likeness (QED) is 0.0845. The first kappa shape index (κ1) is 55.9. The Bertz CT molecular complexity index is 2750. The molecule has 0 unspecified atom stereocenters. The SMILES string of the molecule is N#CC1(c2ccccc2)CCN(CCCN)CC1.N#CC1(c2ccccc2)CCN(CCCN2C(=O)c3ccccc3C2=O)CC1.N#CC1(c2ccccc2)CCNCC1.O=C1c2ccccc2C(=O)N1CCCBr. The van der Waals surface area contributed by atoms with Crippen LogP contribution in [0.15, 0.2) is 140 Å². The number of nitrogens with zero attached hydrogens (tertiary/aromatic N) is 7. The molecule has 5 heterocycles. The van der Waals surface area contributed by atoms with Crippen LogP contribution in [-0.4, -0.2) is 121 Å². The van der Waals surface area contributed by atoms with E-state index in [2.05, 4.69) is 73.5 Å². The van der Waals surface area contributed by atoms with E-state index in [0.717, 1.165) is 128 Å². The molecule has 0 bridgehead atoms. The van der Waals surface area contributed by atoms with E-state index in [1.165, 1.54) is 20.9 Å². The van der Waals surface area contributed by atoms with Crippen molar-refractivity contribution in [3.8, 4) is 18.2 Å². The normalized spacial score (nSPS) is 18.3. The van der Waals surface area contributed by atoms with E-state index >= 15 is 0 Å². The lowest BCUT2D eigenvalue weighted by molar-refractivity contribution is 0.0633. The van der Waals surface area contributed by atoms with Crippen molar-refractivity contribution in [2.45, 2.75) is 74.0 Å². The number of amides is 4. The zero-order valence-corrected chi connectivity index (χ0v) is 44.4. The molecule has 0 radical (unpaired) electrons. The van der Waals surface area contributed by atoms with Crippen LogP contribution in [0.3, 0.4) is 0 Å². The van der Waals surface area contributed by atoms with Gasteiger partial charge < -0.3 is 20.9 Å². The Kier molecular flexibility index (Phi) is 20.2. The number of rotatable bonds is 13. The molecule has 3 saturated heterocycles. The number of carbonyl (C=O) groups excluding carboxylic acids is 4. The molecule has 75 heavy (non-hydrogen) atoms. The van der Waals surface area contributed by atoms with Crippen molar-refractivity contribution < 1.29 is 19.2 Å². The Morgan fingerprint density at radius 3 is 1.07 bits per heavy atom. The van der Waals surface area contributed by atoms with Crippen LogP contribution in [0.4, 0.5) is 0 Å². The lowest BCUT2D eigenvalue weighted by Crippen LogP contribution is -2.43. The summed E-state index contributed by atoms with van der Waals surface area (Å²) in [5.41, 5.74) is 10.1. The van der Waals surface area contributed by atoms with Gasteiger partial charge >= 0.3 is 0 Å². The molecule has 0 aliphatic carbocycles. The minimum Gasteiger partial charge on any atom is -0.330 e. The molecule has 5 aromatic rings. The average Bonchev–Trinajstić information content (AvgIpc) is 3.88. The van der Waals surface area contributed by atoms with Crippen LogP contribution in [-0.2, 0) is 16.2 Å². The van der Waals surface area contributed by atoms with Crippen LogP contribution in [0, 0.1) is 34.0 Å². The van der Waals surface area contributed by atoms with Gasteiger partial charge in [-0.05, 0) is 158 Å². The van der Waals surface area contributed by atoms with E-state index < -0.39 is 5.41 Å². The molecule has 5 aliphatic heterocycles. The summed E-state index contributed by atoms with van der Waals surface area (Å²) in [6.45, 7) is 9.16. The number of nitrogens with one attached hydrogen (secondary N) is 1. The van der Waals surface area contributed by atoms with Crippen LogP contribution < -0.4 is 11.1 Å². The van der Waals surface area contributed by atoms with Crippen LogP contribution in [0.25, 0.3) is 0 Å². The molecule has 14 heteroatoms. The number of nitriles is 3. The molecular formula is C61H68BrN9O4. The van der Waals surface area contributed by atoms with E-state index in [-0.39, 0.29) is 34.5 Å². The number of alkyl halides is 1. The second-order valence-corrected chi connectivity index (χ2v) is 20.6. The highest BCUT2D eigenvalue weighted by atomic mass is 79.9. The van der Waals surface area contributed by atoms with Crippen molar-refractivity contribution in [2.24, 2.45) is 5.73 Å². The second-order valence-electron chi connectivity index (χ2n) is 19.8. The largest absolute Gasteiger partial charge is 0.330 e. The highest BCUT2D eigenvalue weighted by molar-refractivity contribution is 9.09. The first-order chi connectivity index (χ1) is 36.6. The number of halogens is 1. The van der Waals surface area contributed by atoms with E-state index in [1.807, 2.05) is 66.7 Å². The Labute approximate surface area is 451 Å². The third-order valence-electron chi connectivity index (χ3n) is 15.3. The van der Waals surface area contributed by atoms with Gasteiger partial charge in [0, 0.05) is 18.4 Å². The van der Waals surface area contributed by atoms with Gasteiger partial charge in [0.05, 0.1) is 56.7 Å². The lowest BCUT2D eigenvalue weighted by Gasteiger charge is -2.37. The fourth-order valence-electron chi connectivity index (χ4n) is 10.7. The number of carbonyl (C=O) groups is 4. The van der Waals surface area contributed by atoms with E-state index in [1.54, 1.807) is 48.5 Å². The van der Waals surface area contributed by atoms with Gasteiger partial charge in [-0.2, -0.15) is 15.8 Å². The van der Waals surface area contributed by atoms with Gasteiger partial charge in [0.25, 0.3) is 23.6 Å². The van der Waals surface area contributed by atoms with Gasteiger partial charge in [-0.1, -0.05) is 131 Å². The second kappa shape index (κ2) is 27.1. The van der Waals surface area contributed by atoms with Crippen molar-refractivity contribution in [1.29, 1.82) is 15.8 Å². The Morgan fingerprint density at radius 2 is 0.747 bits per heavy atom. The summed E-state index contributed by atoms with van der Waals surface area (Å²) in [5.74, 6) is -0.716. The van der Waals surface area contributed by atoms with Crippen molar-refractivity contribution in [1.82, 2.24) is 24.9 Å². The lowest BCUT2D eigenvalue weighted by atomic mass is 9.74. The van der Waals surface area contributed by atoms with Crippen LogP contribution in [0.5, 0.6) is 0 Å². The molecule has 0 spiro atoms. The molecule has 10 rings (SSSR count). The summed E-state index contributed by atoms with van der Waals surface area (Å²) in [7, 11) is 0. The van der Waals surface area contributed by atoms with Crippen molar-refractivity contribution in [3.63, 3.8) is 0 Å². The summed E-state index contributed by atoms with van der Waals surface area (Å²) in [6.07, 6.45) is 7.89. The summed E-state index contributed by atoms with van der Waals surface area (Å²) >= 11 is 3.28. The molecule has 4 amide bonds. The maximum atomic E-state index is 12.4. The minimum atomic E-state index is -0.402. The number of imide groups is 2. The van der Waals surface area contributed by atoms with Gasteiger partial charge in [-0.25, -0.2) is 0 Å². The molecular weight excluding hydrogens is 1000 g/mol. The number of fused-ring (bicyclic) bond motifs is 2.